The molecule has 1 aromatic heterocycles. The number of aliphatic hydroxyl groups is 2. The third-order valence-electron chi connectivity index (χ3n) is 3.30. The molecule has 1 heterocycles. The molecule has 0 unspecified atom stereocenters. The summed E-state index contributed by atoms with van der Waals surface area (Å²) in [5.74, 6) is -3.18. The maximum absolute atomic E-state index is 13.1. The number of carbonyl (C=O) groups excluding carboxylic acids is 2. The van der Waals surface area contributed by atoms with Gasteiger partial charge in [0, 0.05) is 11.8 Å². The fraction of sp³-hybridized carbons (Fsp3) is 0.278. The number of aromatic nitrogens is 1. The largest absolute Gasteiger partial charge is 0.548 e. The van der Waals surface area contributed by atoms with Crippen LogP contribution in [0.3, 0.4) is 0 Å². The van der Waals surface area contributed by atoms with Gasteiger partial charge in [0.05, 0.1) is 38.8 Å². The Morgan fingerprint density at radius 1 is 1.14 bits per heavy atom. The Kier molecular flexibility index (Phi) is 10.1. The van der Waals surface area contributed by atoms with Gasteiger partial charge < -0.3 is 35.9 Å². The maximum atomic E-state index is 13.1. The molecule has 0 aliphatic carbocycles. The van der Waals surface area contributed by atoms with Crippen LogP contribution in [0.1, 0.15) is 10.5 Å². The predicted octanol–water partition coefficient (Wildman–Crippen LogP) is -2.39. The summed E-state index contributed by atoms with van der Waals surface area (Å²) >= 11 is 0. The number of nitrogens with two attached hydrogens (primary N) is 1. The fourth-order valence-electron chi connectivity index (χ4n) is 2.02. The van der Waals surface area contributed by atoms with Gasteiger partial charge in [0.25, 0.3) is 5.91 Å². The number of quaternary nitrogens is 1. The molecule has 2 rings (SSSR count). The molecule has 0 saturated carbocycles. The fourth-order valence-corrected chi connectivity index (χ4v) is 2.02. The summed E-state index contributed by atoms with van der Waals surface area (Å²) in [7, 11) is 0. The average Bonchev–Trinajstić information content (AvgIpc) is 2.67. The summed E-state index contributed by atoms with van der Waals surface area (Å²) in [6.45, 7) is 1.09. The number of aliphatic carboxylic acids is 1. The van der Waals surface area contributed by atoms with Gasteiger partial charge >= 0.3 is 0 Å². The Hall–Kier alpha value is -3.08. The van der Waals surface area contributed by atoms with Crippen molar-refractivity contribution in [2.24, 2.45) is 0 Å². The summed E-state index contributed by atoms with van der Waals surface area (Å²) < 4.78 is 13.1. The van der Waals surface area contributed by atoms with Crippen LogP contribution in [0.5, 0.6) is 5.75 Å². The van der Waals surface area contributed by atoms with Crippen molar-refractivity contribution in [3.63, 3.8) is 0 Å². The Bertz CT molecular complexity index is 784. The van der Waals surface area contributed by atoms with E-state index in [4.69, 9.17) is 10.2 Å². The Balaban J connectivity index is 0.000000480. The van der Waals surface area contributed by atoms with Gasteiger partial charge in [0.15, 0.2) is 5.69 Å². The number of aromatic hydroxyl groups is 1. The highest BCUT2D eigenvalue weighted by Gasteiger charge is 2.14. The van der Waals surface area contributed by atoms with Gasteiger partial charge in [-0.25, -0.2) is 9.37 Å². The topological polar surface area (TPSA) is 159 Å². The second-order valence-corrected chi connectivity index (χ2v) is 5.47. The molecule has 10 heteroatoms. The molecule has 1 aromatic carbocycles. The molecule has 0 atom stereocenters. The lowest BCUT2D eigenvalue weighted by Crippen LogP contribution is -2.85. The molecule has 0 aliphatic heterocycles. The number of hydrogen-bond acceptors (Lipinski definition) is 7. The molecule has 0 fully saturated rings. The first-order chi connectivity index (χ1) is 13.4. The van der Waals surface area contributed by atoms with Crippen molar-refractivity contribution in [3.05, 3.63) is 48.0 Å². The third kappa shape index (κ3) is 8.08. The normalized spacial score (nSPS) is 9.96. The van der Waals surface area contributed by atoms with Crippen LogP contribution in [0.2, 0.25) is 0 Å². The molecular formula is C18H22FN3O6. The van der Waals surface area contributed by atoms with E-state index in [1.807, 2.05) is 10.6 Å². The first-order valence-corrected chi connectivity index (χ1v) is 8.35. The monoisotopic (exact) mass is 395 g/mol. The average molecular weight is 395 g/mol. The summed E-state index contributed by atoms with van der Waals surface area (Å²) in [5, 5.41) is 40.3. The van der Waals surface area contributed by atoms with E-state index in [1.165, 1.54) is 30.5 Å². The van der Waals surface area contributed by atoms with Crippen LogP contribution >= 0.6 is 0 Å². The second kappa shape index (κ2) is 12.3. The molecule has 0 aliphatic rings. The van der Waals surface area contributed by atoms with Crippen LogP contribution in [-0.2, 0) is 4.79 Å². The molecule has 0 saturated heterocycles. The highest BCUT2D eigenvalue weighted by molar-refractivity contribution is 5.96. The summed E-state index contributed by atoms with van der Waals surface area (Å²) in [4.78, 5) is 25.6. The van der Waals surface area contributed by atoms with Crippen LogP contribution in [0.25, 0.3) is 11.1 Å². The smallest absolute Gasteiger partial charge is 0.274 e. The van der Waals surface area contributed by atoms with Crippen molar-refractivity contribution in [2.75, 3.05) is 32.8 Å². The highest BCUT2D eigenvalue weighted by atomic mass is 19.1. The number of pyridine rings is 1. The van der Waals surface area contributed by atoms with Gasteiger partial charge in [0.2, 0.25) is 0 Å². The zero-order valence-corrected chi connectivity index (χ0v) is 15.0. The zero-order chi connectivity index (χ0) is 20.9. The first kappa shape index (κ1) is 23.0. The van der Waals surface area contributed by atoms with E-state index in [-0.39, 0.29) is 18.9 Å². The Labute approximate surface area is 160 Å². The lowest BCUT2D eigenvalue weighted by atomic mass is 10.1. The number of halogens is 1. The SMILES string of the molecule is O=C([O-])CNC(=O)c1ncc(-c2cccc(F)c2)cc1O.OCC[NH2+]CCO. The number of rotatable bonds is 8. The van der Waals surface area contributed by atoms with Crippen molar-refractivity contribution in [1.29, 1.82) is 0 Å². The minimum atomic E-state index is -1.46. The highest BCUT2D eigenvalue weighted by Crippen LogP contribution is 2.25. The van der Waals surface area contributed by atoms with Crippen molar-refractivity contribution in [3.8, 4) is 16.9 Å². The molecule has 0 bridgehead atoms. The lowest BCUT2D eigenvalue weighted by Gasteiger charge is -2.08. The zero-order valence-electron chi connectivity index (χ0n) is 15.0. The van der Waals surface area contributed by atoms with Crippen molar-refractivity contribution in [2.45, 2.75) is 0 Å². The quantitative estimate of drug-likeness (QED) is 0.312. The van der Waals surface area contributed by atoms with Crippen molar-refractivity contribution < 1.29 is 39.7 Å². The number of nitrogens with zero attached hydrogens (tertiary/aromatic N) is 1. The van der Waals surface area contributed by atoms with Gasteiger partial charge in [-0.1, -0.05) is 12.1 Å². The predicted molar refractivity (Wildman–Crippen MR) is 94.5 cm³/mol. The number of benzene rings is 1. The molecule has 152 valence electrons. The van der Waals surface area contributed by atoms with E-state index in [0.29, 0.717) is 24.2 Å². The summed E-state index contributed by atoms with van der Waals surface area (Å²) in [6.07, 6.45) is 1.28. The molecular weight excluding hydrogens is 373 g/mol. The molecule has 9 nitrogen and oxygen atoms in total. The standard InChI is InChI=1S/C14H11FN2O4.C4H11NO2/c15-10-3-1-2-8(4-10)9-5-11(18)13(16-6-9)14(21)17-7-12(19)20;6-3-1-5-2-4-7/h1-6,18H,7H2,(H,17,21)(H,19,20);5-7H,1-4H2. The van der Waals surface area contributed by atoms with Gasteiger partial charge in [-0.2, -0.15) is 0 Å². The van der Waals surface area contributed by atoms with E-state index >= 15 is 0 Å². The van der Waals surface area contributed by atoms with Gasteiger partial charge in [-0.15, -0.1) is 0 Å². The molecule has 0 radical (unpaired) electrons. The van der Waals surface area contributed by atoms with Crippen LogP contribution in [0.4, 0.5) is 4.39 Å². The van der Waals surface area contributed by atoms with Crippen molar-refractivity contribution in [1.82, 2.24) is 10.3 Å². The minimum Gasteiger partial charge on any atom is -0.548 e. The van der Waals surface area contributed by atoms with Crippen LogP contribution in [-0.4, -0.2) is 65.0 Å². The first-order valence-electron chi connectivity index (χ1n) is 8.35. The second-order valence-electron chi connectivity index (χ2n) is 5.47. The number of carboxylic acids is 1. The number of carbonyl (C=O) groups is 2. The number of hydrogen-bond donors (Lipinski definition) is 5. The van der Waals surface area contributed by atoms with Crippen LogP contribution in [0, 0.1) is 5.82 Å². The summed E-state index contributed by atoms with van der Waals surface area (Å²) in [5.41, 5.74) is 0.583. The van der Waals surface area contributed by atoms with Gasteiger partial charge in [-0.3, -0.25) is 4.79 Å². The van der Waals surface area contributed by atoms with E-state index < -0.39 is 30.0 Å². The maximum Gasteiger partial charge on any atom is 0.274 e. The van der Waals surface area contributed by atoms with Crippen molar-refractivity contribution >= 4 is 11.9 Å². The van der Waals surface area contributed by atoms with Gasteiger partial charge in [-0.05, 0) is 23.8 Å². The number of aliphatic hydroxyl groups excluding tert-OH is 2. The third-order valence-corrected chi connectivity index (χ3v) is 3.30. The van der Waals surface area contributed by atoms with E-state index in [0.717, 1.165) is 0 Å². The number of nitrogens with one attached hydrogen (secondary N) is 1. The molecule has 1 amide bonds. The van der Waals surface area contributed by atoms with Crippen LogP contribution < -0.4 is 15.7 Å². The Morgan fingerprint density at radius 3 is 2.36 bits per heavy atom. The van der Waals surface area contributed by atoms with Crippen LogP contribution in [0.15, 0.2) is 36.5 Å². The van der Waals surface area contributed by atoms with E-state index in [1.54, 1.807) is 6.07 Å². The molecule has 2 aromatic rings. The summed E-state index contributed by atoms with van der Waals surface area (Å²) in [6, 6.07) is 6.90. The van der Waals surface area contributed by atoms with Gasteiger partial charge in [0.1, 0.15) is 11.6 Å². The number of carboxylic acid groups (broad SMARTS) is 1. The van der Waals surface area contributed by atoms with E-state index in [9.17, 15) is 24.2 Å². The molecule has 28 heavy (non-hydrogen) atoms. The number of amides is 1. The van der Waals surface area contributed by atoms with E-state index in [2.05, 4.69) is 4.98 Å². The molecule has 6 N–H and O–H groups in total. The lowest BCUT2D eigenvalue weighted by molar-refractivity contribution is -0.657. The Morgan fingerprint density at radius 2 is 1.82 bits per heavy atom. The minimum absolute atomic E-state index is 0.194. The molecule has 0 spiro atoms.